The molecule has 0 spiro atoms. The second-order valence-corrected chi connectivity index (χ2v) is 6.74. The molecule has 26 heavy (non-hydrogen) atoms. The van der Waals surface area contributed by atoms with Crippen molar-refractivity contribution in [2.75, 3.05) is 12.8 Å². The van der Waals surface area contributed by atoms with Crippen LogP contribution in [-0.4, -0.2) is 37.0 Å². The van der Waals surface area contributed by atoms with Crippen LogP contribution in [0.5, 0.6) is 5.88 Å². The third-order valence-corrected chi connectivity index (χ3v) is 4.81. The fraction of sp³-hybridized carbons (Fsp3) is 0.125. The molecule has 8 nitrogen and oxygen atoms in total. The molecule has 132 valence electrons. The SMILES string of the molecule is COCc1nn2c(N)c(-c3nc(O)cs3)nnc2c1-c1cccc(Cl)c1. The van der Waals surface area contributed by atoms with Gasteiger partial charge in [0.05, 0.1) is 23.2 Å². The van der Waals surface area contributed by atoms with Gasteiger partial charge in [0.1, 0.15) is 0 Å². The number of ether oxygens (including phenoxy) is 1. The molecule has 0 amide bonds. The van der Waals surface area contributed by atoms with Gasteiger partial charge in [-0.2, -0.15) is 14.6 Å². The number of nitrogens with two attached hydrogens (primary N) is 1. The van der Waals surface area contributed by atoms with Crippen LogP contribution < -0.4 is 5.73 Å². The highest BCUT2D eigenvalue weighted by Gasteiger charge is 2.21. The van der Waals surface area contributed by atoms with E-state index in [2.05, 4.69) is 20.3 Å². The normalized spacial score (nSPS) is 11.3. The lowest BCUT2D eigenvalue weighted by molar-refractivity contribution is 0.181. The van der Waals surface area contributed by atoms with Crippen LogP contribution in [-0.2, 0) is 11.3 Å². The van der Waals surface area contributed by atoms with E-state index in [0.29, 0.717) is 27.1 Å². The monoisotopic (exact) mass is 388 g/mol. The third-order valence-electron chi connectivity index (χ3n) is 3.74. The molecule has 1 aromatic carbocycles. The second kappa shape index (κ2) is 6.52. The van der Waals surface area contributed by atoms with E-state index < -0.39 is 0 Å². The smallest absolute Gasteiger partial charge is 0.222 e. The van der Waals surface area contributed by atoms with Crippen LogP contribution in [0.1, 0.15) is 5.69 Å². The van der Waals surface area contributed by atoms with E-state index in [0.717, 1.165) is 11.1 Å². The highest BCUT2D eigenvalue weighted by atomic mass is 35.5. The van der Waals surface area contributed by atoms with Crippen molar-refractivity contribution in [2.24, 2.45) is 0 Å². The Balaban J connectivity index is 1.97. The molecule has 3 aromatic heterocycles. The lowest BCUT2D eigenvalue weighted by Gasteiger charge is -2.04. The molecule has 0 bridgehead atoms. The molecule has 3 heterocycles. The Morgan fingerprint density at radius 1 is 1.35 bits per heavy atom. The number of halogens is 1. The summed E-state index contributed by atoms with van der Waals surface area (Å²) in [6.07, 6.45) is 0. The lowest BCUT2D eigenvalue weighted by Crippen LogP contribution is -2.05. The molecule has 0 radical (unpaired) electrons. The van der Waals surface area contributed by atoms with E-state index in [-0.39, 0.29) is 18.3 Å². The topological polar surface area (TPSA) is 111 Å². The summed E-state index contributed by atoms with van der Waals surface area (Å²) < 4.78 is 6.77. The van der Waals surface area contributed by atoms with Gasteiger partial charge in [-0.3, -0.25) is 0 Å². The van der Waals surface area contributed by atoms with Gasteiger partial charge in [-0.05, 0) is 17.7 Å². The van der Waals surface area contributed by atoms with Gasteiger partial charge in [-0.25, -0.2) is 0 Å². The summed E-state index contributed by atoms with van der Waals surface area (Å²) in [5.41, 5.74) is 9.36. The first-order valence-corrected chi connectivity index (χ1v) is 8.77. The Labute approximate surface area is 156 Å². The predicted molar refractivity (Wildman–Crippen MR) is 99.1 cm³/mol. The van der Waals surface area contributed by atoms with Gasteiger partial charge in [-0.1, -0.05) is 23.7 Å². The number of hydrogen-bond acceptors (Lipinski definition) is 8. The molecule has 0 atom stereocenters. The quantitative estimate of drug-likeness (QED) is 0.552. The lowest BCUT2D eigenvalue weighted by atomic mass is 10.1. The zero-order valence-electron chi connectivity index (χ0n) is 13.5. The van der Waals surface area contributed by atoms with Gasteiger partial charge >= 0.3 is 0 Å². The minimum Gasteiger partial charge on any atom is -0.493 e. The maximum Gasteiger partial charge on any atom is 0.222 e. The van der Waals surface area contributed by atoms with Gasteiger partial charge in [0.25, 0.3) is 0 Å². The zero-order valence-corrected chi connectivity index (χ0v) is 15.1. The molecule has 0 fully saturated rings. The number of hydrogen-bond donors (Lipinski definition) is 2. The number of aromatic hydroxyl groups is 1. The van der Waals surface area contributed by atoms with Crippen molar-refractivity contribution >= 4 is 34.4 Å². The molecule has 4 aromatic rings. The van der Waals surface area contributed by atoms with Crippen LogP contribution in [0.3, 0.4) is 0 Å². The first-order valence-electron chi connectivity index (χ1n) is 7.52. The number of benzene rings is 1. The fourth-order valence-corrected chi connectivity index (χ4v) is 3.53. The van der Waals surface area contributed by atoms with Crippen LogP contribution in [0.15, 0.2) is 29.6 Å². The zero-order chi connectivity index (χ0) is 18.3. The second-order valence-electron chi connectivity index (χ2n) is 5.45. The Morgan fingerprint density at radius 3 is 2.88 bits per heavy atom. The summed E-state index contributed by atoms with van der Waals surface area (Å²) in [6, 6.07) is 7.37. The van der Waals surface area contributed by atoms with Crippen molar-refractivity contribution in [3.05, 3.63) is 40.4 Å². The molecule has 0 unspecified atom stereocenters. The highest BCUT2D eigenvalue weighted by Crippen LogP contribution is 2.33. The molecule has 0 aliphatic carbocycles. The fourth-order valence-electron chi connectivity index (χ4n) is 2.67. The Morgan fingerprint density at radius 2 is 2.19 bits per heavy atom. The average Bonchev–Trinajstić information content (AvgIpc) is 3.20. The van der Waals surface area contributed by atoms with E-state index in [1.54, 1.807) is 13.2 Å². The molecule has 0 aliphatic rings. The third kappa shape index (κ3) is 2.75. The molecular weight excluding hydrogens is 376 g/mol. The number of thiazole rings is 1. The number of nitrogen functional groups attached to an aromatic ring is 1. The summed E-state index contributed by atoms with van der Waals surface area (Å²) in [5.74, 6) is 0.182. The van der Waals surface area contributed by atoms with E-state index >= 15 is 0 Å². The average molecular weight is 389 g/mol. The number of fused-ring (bicyclic) bond motifs is 1. The van der Waals surface area contributed by atoms with E-state index in [1.807, 2.05) is 18.2 Å². The number of aromatic nitrogens is 5. The highest BCUT2D eigenvalue weighted by molar-refractivity contribution is 7.13. The number of anilines is 1. The first-order chi connectivity index (χ1) is 12.6. The number of nitrogens with zero attached hydrogens (tertiary/aromatic N) is 5. The van der Waals surface area contributed by atoms with Crippen LogP contribution >= 0.6 is 22.9 Å². The van der Waals surface area contributed by atoms with Crippen molar-refractivity contribution in [2.45, 2.75) is 6.61 Å². The van der Waals surface area contributed by atoms with Crippen LogP contribution in [0.4, 0.5) is 5.82 Å². The van der Waals surface area contributed by atoms with E-state index in [4.69, 9.17) is 22.1 Å². The van der Waals surface area contributed by atoms with Crippen LogP contribution in [0.25, 0.3) is 27.5 Å². The van der Waals surface area contributed by atoms with Gasteiger partial charge in [0, 0.05) is 12.1 Å². The molecule has 4 rings (SSSR count). The van der Waals surface area contributed by atoms with Gasteiger partial charge in [0.15, 0.2) is 22.2 Å². The summed E-state index contributed by atoms with van der Waals surface area (Å²) >= 11 is 7.35. The minimum atomic E-state index is -0.0912. The van der Waals surface area contributed by atoms with Crippen molar-refractivity contribution in [1.82, 2.24) is 24.8 Å². The maximum absolute atomic E-state index is 9.47. The largest absolute Gasteiger partial charge is 0.493 e. The van der Waals surface area contributed by atoms with Crippen LogP contribution in [0, 0.1) is 0 Å². The Kier molecular flexibility index (Phi) is 4.19. The predicted octanol–water partition coefficient (Wildman–Crippen LogP) is 3.00. The van der Waals surface area contributed by atoms with Crippen molar-refractivity contribution in [1.29, 1.82) is 0 Å². The summed E-state index contributed by atoms with van der Waals surface area (Å²) in [7, 11) is 1.59. The molecule has 10 heteroatoms. The Hall–Kier alpha value is -2.75. The van der Waals surface area contributed by atoms with Gasteiger partial charge in [-0.15, -0.1) is 21.5 Å². The summed E-state index contributed by atoms with van der Waals surface area (Å²) in [6.45, 7) is 0.276. The Bertz CT molecular complexity index is 1110. The molecule has 0 saturated heterocycles. The van der Waals surface area contributed by atoms with E-state index in [1.165, 1.54) is 21.2 Å². The van der Waals surface area contributed by atoms with Crippen molar-refractivity contribution in [3.8, 4) is 27.7 Å². The van der Waals surface area contributed by atoms with E-state index in [9.17, 15) is 5.11 Å². The summed E-state index contributed by atoms with van der Waals surface area (Å²) in [5, 5.41) is 25.1. The standard InChI is InChI=1S/C16H13ClN6O2S/c1-25-6-10-12(8-3-2-4-9(17)5-8)15-21-20-13(14(18)23(15)22-10)16-19-11(24)7-26-16/h2-5,7,24H,6,18H2,1H3. The molecular formula is C16H13ClN6O2S. The first kappa shape index (κ1) is 16.7. The summed E-state index contributed by atoms with van der Waals surface area (Å²) in [4.78, 5) is 3.99. The number of methoxy groups -OCH3 is 1. The van der Waals surface area contributed by atoms with Crippen LogP contribution in [0.2, 0.25) is 5.02 Å². The van der Waals surface area contributed by atoms with Gasteiger partial charge in [0.2, 0.25) is 5.88 Å². The molecule has 3 N–H and O–H groups in total. The maximum atomic E-state index is 9.47. The van der Waals surface area contributed by atoms with Crippen molar-refractivity contribution in [3.63, 3.8) is 0 Å². The van der Waals surface area contributed by atoms with Crippen molar-refractivity contribution < 1.29 is 9.84 Å². The minimum absolute atomic E-state index is 0.0912. The molecule has 0 aliphatic heterocycles. The van der Waals surface area contributed by atoms with Gasteiger partial charge < -0.3 is 15.6 Å². The number of rotatable bonds is 4. The molecule has 0 saturated carbocycles.